The molecule has 0 bridgehead atoms. The molecular weight excluding hydrogens is 296 g/mol. The minimum Gasteiger partial charge on any atom is -0.508 e. The second-order valence-corrected chi connectivity index (χ2v) is 4.75. The lowest BCUT2D eigenvalue weighted by Gasteiger charge is -2.05. The third kappa shape index (κ3) is 4.74. The number of carbonyl (C=O) groups is 1. The SMILES string of the molecule is COc1cccc(CC(=O)N/N=C/c2ccc(O)cc2OC)c1. The van der Waals surface area contributed by atoms with Crippen LogP contribution in [0.1, 0.15) is 11.1 Å². The first-order valence-electron chi connectivity index (χ1n) is 6.94. The van der Waals surface area contributed by atoms with Crippen molar-refractivity contribution in [3.05, 3.63) is 53.6 Å². The van der Waals surface area contributed by atoms with E-state index in [1.54, 1.807) is 19.2 Å². The summed E-state index contributed by atoms with van der Waals surface area (Å²) in [5, 5.41) is 13.3. The van der Waals surface area contributed by atoms with Crippen molar-refractivity contribution in [1.82, 2.24) is 5.43 Å². The Balaban J connectivity index is 1.96. The highest BCUT2D eigenvalue weighted by Gasteiger charge is 2.04. The van der Waals surface area contributed by atoms with Gasteiger partial charge in [0.25, 0.3) is 0 Å². The van der Waals surface area contributed by atoms with Crippen LogP contribution in [0.25, 0.3) is 0 Å². The lowest BCUT2D eigenvalue weighted by Crippen LogP contribution is -2.19. The highest BCUT2D eigenvalue weighted by molar-refractivity contribution is 5.86. The molecule has 6 nitrogen and oxygen atoms in total. The number of aromatic hydroxyl groups is 1. The monoisotopic (exact) mass is 314 g/mol. The van der Waals surface area contributed by atoms with E-state index in [0.717, 1.165) is 5.56 Å². The number of nitrogens with one attached hydrogen (secondary N) is 1. The Hall–Kier alpha value is -3.02. The molecule has 2 aromatic carbocycles. The molecule has 2 N–H and O–H groups in total. The Bertz CT molecular complexity index is 713. The summed E-state index contributed by atoms with van der Waals surface area (Å²) in [6.07, 6.45) is 1.66. The number of nitrogens with zero attached hydrogens (tertiary/aromatic N) is 1. The molecule has 0 unspecified atom stereocenters. The first-order valence-corrected chi connectivity index (χ1v) is 6.94. The number of amides is 1. The van der Waals surface area contributed by atoms with Gasteiger partial charge < -0.3 is 14.6 Å². The third-order valence-electron chi connectivity index (χ3n) is 3.11. The van der Waals surface area contributed by atoms with Gasteiger partial charge in [0.1, 0.15) is 17.2 Å². The molecule has 0 aliphatic heterocycles. The quantitative estimate of drug-likeness (QED) is 0.632. The number of hydrazone groups is 1. The van der Waals surface area contributed by atoms with Gasteiger partial charge in [-0.05, 0) is 29.8 Å². The second kappa shape index (κ2) is 7.84. The van der Waals surface area contributed by atoms with Gasteiger partial charge in [-0.2, -0.15) is 5.10 Å². The molecule has 0 atom stereocenters. The van der Waals surface area contributed by atoms with E-state index >= 15 is 0 Å². The van der Waals surface area contributed by atoms with Gasteiger partial charge in [0.15, 0.2) is 0 Å². The zero-order valence-corrected chi connectivity index (χ0v) is 12.9. The molecule has 2 rings (SSSR count). The number of hydrogen-bond acceptors (Lipinski definition) is 5. The van der Waals surface area contributed by atoms with Gasteiger partial charge >= 0.3 is 0 Å². The largest absolute Gasteiger partial charge is 0.508 e. The lowest BCUT2D eigenvalue weighted by molar-refractivity contribution is -0.120. The van der Waals surface area contributed by atoms with Gasteiger partial charge in [0.05, 0.1) is 26.9 Å². The van der Waals surface area contributed by atoms with Crippen LogP contribution in [-0.2, 0) is 11.2 Å². The van der Waals surface area contributed by atoms with Crippen molar-refractivity contribution in [1.29, 1.82) is 0 Å². The molecule has 0 saturated carbocycles. The fourth-order valence-corrected chi connectivity index (χ4v) is 1.99. The van der Waals surface area contributed by atoms with Crippen LogP contribution in [-0.4, -0.2) is 31.4 Å². The van der Waals surface area contributed by atoms with Crippen molar-refractivity contribution in [3.63, 3.8) is 0 Å². The van der Waals surface area contributed by atoms with Gasteiger partial charge in [0, 0.05) is 11.6 Å². The van der Waals surface area contributed by atoms with Gasteiger partial charge in [0.2, 0.25) is 5.91 Å². The van der Waals surface area contributed by atoms with Crippen LogP contribution in [0.5, 0.6) is 17.2 Å². The maximum atomic E-state index is 11.9. The first kappa shape index (κ1) is 16.4. The number of ether oxygens (including phenoxy) is 2. The Labute approximate surface area is 134 Å². The fraction of sp³-hybridized carbons (Fsp3) is 0.176. The maximum absolute atomic E-state index is 11.9. The highest BCUT2D eigenvalue weighted by Crippen LogP contribution is 2.22. The molecule has 0 aliphatic rings. The number of phenolic OH excluding ortho intramolecular Hbond substituents is 1. The van der Waals surface area contributed by atoms with E-state index in [4.69, 9.17) is 9.47 Å². The van der Waals surface area contributed by atoms with Crippen LogP contribution in [0.4, 0.5) is 0 Å². The van der Waals surface area contributed by atoms with Crippen LogP contribution in [0.2, 0.25) is 0 Å². The summed E-state index contributed by atoms with van der Waals surface area (Å²) in [7, 11) is 3.07. The minimum atomic E-state index is -0.243. The standard InChI is InChI=1S/C17H18N2O4/c1-22-15-5-3-4-12(8-15)9-17(21)19-18-11-13-6-7-14(20)10-16(13)23-2/h3-8,10-11,20H,9H2,1-2H3,(H,19,21)/b18-11+. The van der Waals surface area contributed by atoms with E-state index in [0.29, 0.717) is 17.1 Å². The fourth-order valence-electron chi connectivity index (χ4n) is 1.99. The van der Waals surface area contributed by atoms with Gasteiger partial charge in [-0.1, -0.05) is 12.1 Å². The number of phenols is 1. The van der Waals surface area contributed by atoms with E-state index in [-0.39, 0.29) is 18.1 Å². The minimum absolute atomic E-state index is 0.0982. The highest BCUT2D eigenvalue weighted by atomic mass is 16.5. The number of rotatable bonds is 6. The van der Waals surface area contributed by atoms with Crippen molar-refractivity contribution < 1.29 is 19.4 Å². The Morgan fingerprint density at radius 3 is 2.78 bits per heavy atom. The predicted molar refractivity (Wildman–Crippen MR) is 87.1 cm³/mol. The molecule has 0 heterocycles. The Morgan fingerprint density at radius 1 is 1.22 bits per heavy atom. The smallest absolute Gasteiger partial charge is 0.244 e. The van der Waals surface area contributed by atoms with Crippen LogP contribution < -0.4 is 14.9 Å². The Kier molecular flexibility index (Phi) is 5.57. The van der Waals surface area contributed by atoms with Crippen molar-refractivity contribution in [2.75, 3.05) is 14.2 Å². The molecule has 2 aromatic rings. The first-order chi connectivity index (χ1) is 11.1. The lowest BCUT2D eigenvalue weighted by atomic mass is 10.1. The van der Waals surface area contributed by atoms with Gasteiger partial charge in [-0.25, -0.2) is 5.43 Å². The molecule has 0 aromatic heterocycles. The van der Waals surface area contributed by atoms with Crippen molar-refractivity contribution in [3.8, 4) is 17.2 Å². The van der Waals surface area contributed by atoms with E-state index in [2.05, 4.69) is 10.5 Å². The zero-order valence-electron chi connectivity index (χ0n) is 12.9. The van der Waals surface area contributed by atoms with Crippen molar-refractivity contribution >= 4 is 12.1 Å². The summed E-state index contributed by atoms with van der Waals surface area (Å²) in [5.41, 5.74) is 3.93. The summed E-state index contributed by atoms with van der Waals surface area (Å²) >= 11 is 0. The zero-order chi connectivity index (χ0) is 16.7. The normalized spacial score (nSPS) is 10.5. The summed E-state index contributed by atoms with van der Waals surface area (Å²) in [6, 6.07) is 11.9. The molecule has 0 spiro atoms. The van der Waals surface area contributed by atoms with E-state index in [1.807, 2.05) is 18.2 Å². The maximum Gasteiger partial charge on any atom is 0.244 e. The molecule has 6 heteroatoms. The topological polar surface area (TPSA) is 80.2 Å². The summed E-state index contributed by atoms with van der Waals surface area (Å²) in [5.74, 6) is 1.02. The molecule has 0 saturated heterocycles. The molecule has 23 heavy (non-hydrogen) atoms. The summed E-state index contributed by atoms with van der Waals surface area (Å²) in [4.78, 5) is 11.9. The molecule has 0 fully saturated rings. The molecule has 1 amide bonds. The van der Waals surface area contributed by atoms with Crippen LogP contribution >= 0.6 is 0 Å². The van der Waals surface area contributed by atoms with Crippen molar-refractivity contribution in [2.24, 2.45) is 5.10 Å². The van der Waals surface area contributed by atoms with Crippen LogP contribution in [0.15, 0.2) is 47.6 Å². The van der Waals surface area contributed by atoms with Crippen LogP contribution in [0.3, 0.4) is 0 Å². The van der Waals surface area contributed by atoms with E-state index in [9.17, 15) is 9.90 Å². The van der Waals surface area contributed by atoms with Gasteiger partial charge in [-0.3, -0.25) is 4.79 Å². The average Bonchev–Trinajstić information content (AvgIpc) is 2.56. The average molecular weight is 314 g/mol. The molecular formula is C17H18N2O4. The Morgan fingerprint density at radius 2 is 2.04 bits per heavy atom. The van der Waals surface area contributed by atoms with E-state index < -0.39 is 0 Å². The predicted octanol–water partition coefficient (Wildman–Crippen LogP) is 2.10. The van der Waals surface area contributed by atoms with Crippen LogP contribution in [0, 0.1) is 0 Å². The van der Waals surface area contributed by atoms with E-state index in [1.165, 1.54) is 25.5 Å². The summed E-state index contributed by atoms with van der Waals surface area (Å²) < 4.78 is 10.2. The number of carbonyl (C=O) groups excluding carboxylic acids is 1. The summed E-state index contributed by atoms with van der Waals surface area (Å²) in [6.45, 7) is 0. The third-order valence-corrected chi connectivity index (χ3v) is 3.11. The molecule has 120 valence electrons. The number of benzene rings is 2. The number of hydrogen-bond donors (Lipinski definition) is 2. The van der Waals surface area contributed by atoms with Crippen molar-refractivity contribution in [2.45, 2.75) is 6.42 Å². The number of methoxy groups -OCH3 is 2. The van der Waals surface area contributed by atoms with Gasteiger partial charge in [-0.15, -0.1) is 0 Å². The molecule has 0 aliphatic carbocycles. The second-order valence-electron chi connectivity index (χ2n) is 4.75. The molecule has 0 radical (unpaired) electrons.